The number of nitrogens with zero attached hydrogens (tertiary/aromatic N) is 1. The first-order chi connectivity index (χ1) is 13.2. The fourth-order valence-electron chi connectivity index (χ4n) is 2.78. The van der Waals surface area contributed by atoms with Crippen molar-refractivity contribution in [2.75, 3.05) is 20.0 Å². The largest absolute Gasteiger partial charge is 0.573 e. The molecule has 0 saturated carbocycles. The summed E-state index contributed by atoms with van der Waals surface area (Å²) in [5.41, 5.74) is 8.06. The minimum absolute atomic E-state index is 0.142. The molecule has 9 heteroatoms. The highest BCUT2D eigenvalue weighted by atomic mass is 19.4. The number of nitrogens with two attached hydrogens (primary N) is 1. The molecule has 1 heterocycles. The van der Waals surface area contributed by atoms with Crippen LogP contribution in [0.25, 0.3) is 22.5 Å². The Morgan fingerprint density at radius 2 is 1.61 bits per heavy atom. The lowest BCUT2D eigenvalue weighted by molar-refractivity contribution is -0.274. The molecule has 6 nitrogen and oxygen atoms in total. The molecule has 3 aromatic rings. The number of aromatic amines is 1. The molecule has 0 aliphatic heterocycles. The average molecular weight is 393 g/mol. The van der Waals surface area contributed by atoms with Crippen molar-refractivity contribution in [1.29, 1.82) is 0 Å². The van der Waals surface area contributed by atoms with Crippen molar-refractivity contribution >= 4 is 5.69 Å². The molecule has 0 bridgehead atoms. The van der Waals surface area contributed by atoms with Gasteiger partial charge in [0.2, 0.25) is 0 Å². The molecular formula is C19H18F3N3O3. The van der Waals surface area contributed by atoms with E-state index in [1.54, 1.807) is 25.1 Å². The number of nitrogens with one attached hydrogen (secondary N) is 1. The van der Waals surface area contributed by atoms with E-state index < -0.39 is 12.1 Å². The van der Waals surface area contributed by atoms with Gasteiger partial charge in [-0.15, -0.1) is 13.2 Å². The van der Waals surface area contributed by atoms with Crippen LogP contribution < -0.4 is 19.9 Å². The van der Waals surface area contributed by atoms with Crippen molar-refractivity contribution in [2.24, 2.45) is 0 Å². The number of imidazole rings is 1. The average Bonchev–Trinajstić information content (AvgIpc) is 3.03. The van der Waals surface area contributed by atoms with E-state index in [2.05, 4.69) is 14.7 Å². The Kier molecular flexibility index (Phi) is 5.08. The fourth-order valence-corrected chi connectivity index (χ4v) is 2.78. The molecule has 0 fully saturated rings. The molecule has 28 heavy (non-hydrogen) atoms. The van der Waals surface area contributed by atoms with Crippen LogP contribution >= 0.6 is 0 Å². The summed E-state index contributed by atoms with van der Waals surface area (Å²) in [6.45, 7) is 1.77. The highest BCUT2D eigenvalue weighted by Gasteiger charge is 2.32. The van der Waals surface area contributed by atoms with Crippen LogP contribution in [0.4, 0.5) is 18.9 Å². The van der Waals surface area contributed by atoms with Crippen molar-refractivity contribution in [3.63, 3.8) is 0 Å². The van der Waals surface area contributed by atoms with Crippen LogP contribution in [-0.2, 0) is 0 Å². The van der Waals surface area contributed by atoms with Gasteiger partial charge in [0.1, 0.15) is 17.3 Å². The van der Waals surface area contributed by atoms with E-state index >= 15 is 0 Å². The van der Waals surface area contributed by atoms with Gasteiger partial charge in [0.15, 0.2) is 5.75 Å². The summed E-state index contributed by atoms with van der Waals surface area (Å²) in [5.74, 6) is 1.32. The molecule has 0 saturated heterocycles. The van der Waals surface area contributed by atoms with E-state index in [0.29, 0.717) is 39.8 Å². The number of aryl methyl sites for hydroxylation is 1. The van der Waals surface area contributed by atoms with Gasteiger partial charge in [0.25, 0.3) is 0 Å². The van der Waals surface area contributed by atoms with Gasteiger partial charge in [0.05, 0.1) is 31.3 Å². The maximum atomic E-state index is 12.5. The number of hydrogen-bond donors (Lipinski definition) is 2. The number of alkyl halides is 3. The molecule has 0 aliphatic carbocycles. The van der Waals surface area contributed by atoms with Crippen molar-refractivity contribution in [2.45, 2.75) is 13.3 Å². The topological polar surface area (TPSA) is 82.4 Å². The number of aromatic nitrogens is 2. The molecule has 2 aromatic carbocycles. The van der Waals surface area contributed by atoms with Crippen molar-refractivity contribution in [1.82, 2.24) is 9.97 Å². The molecule has 0 atom stereocenters. The van der Waals surface area contributed by atoms with Crippen LogP contribution in [0.1, 0.15) is 5.82 Å². The van der Waals surface area contributed by atoms with Crippen LogP contribution in [0.2, 0.25) is 0 Å². The maximum Gasteiger partial charge on any atom is 0.573 e. The number of methoxy groups -OCH3 is 2. The zero-order valence-corrected chi connectivity index (χ0v) is 15.3. The van der Waals surface area contributed by atoms with E-state index in [9.17, 15) is 13.2 Å². The van der Waals surface area contributed by atoms with Crippen LogP contribution in [-0.4, -0.2) is 30.5 Å². The lowest BCUT2D eigenvalue weighted by Crippen LogP contribution is -2.18. The number of anilines is 1. The highest BCUT2D eigenvalue weighted by molar-refractivity contribution is 5.81. The van der Waals surface area contributed by atoms with Gasteiger partial charge >= 0.3 is 6.36 Å². The molecular weight excluding hydrogens is 375 g/mol. The van der Waals surface area contributed by atoms with Crippen LogP contribution in [0.5, 0.6) is 17.2 Å². The lowest BCUT2D eigenvalue weighted by atomic mass is 10.0. The number of nitrogen functional groups attached to an aromatic ring is 1. The highest BCUT2D eigenvalue weighted by Crippen LogP contribution is 2.37. The molecule has 0 spiro atoms. The summed E-state index contributed by atoms with van der Waals surface area (Å²) in [6.07, 6.45) is -4.82. The van der Waals surface area contributed by atoms with Gasteiger partial charge in [-0.05, 0) is 37.3 Å². The van der Waals surface area contributed by atoms with Crippen molar-refractivity contribution < 1.29 is 27.4 Å². The number of halogens is 3. The van der Waals surface area contributed by atoms with E-state index in [1.165, 1.54) is 32.4 Å². The Balaban J connectivity index is 2.07. The van der Waals surface area contributed by atoms with E-state index in [0.717, 1.165) is 0 Å². The summed E-state index contributed by atoms with van der Waals surface area (Å²) in [4.78, 5) is 7.62. The van der Waals surface area contributed by atoms with Crippen molar-refractivity contribution in [3.8, 4) is 39.8 Å². The number of hydrogen-bond acceptors (Lipinski definition) is 5. The van der Waals surface area contributed by atoms with Gasteiger partial charge < -0.3 is 24.9 Å². The molecule has 0 radical (unpaired) electrons. The lowest BCUT2D eigenvalue weighted by Gasteiger charge is -2.12. The Morgan fingerprint density at radius 3 is 2.14 bits per heavy atom. The first-order valence-corrected chi connectivity index (χ1v) is 8.16. The normalized spacial score (nSPS) is 11.4. The SMILES string of the molecule is COc1cc(OC)cc(-c2nc(C)[nH]c2-c2ccc(OC(F)(F)F)c(N)c2)c1. The summed E-state index contributed by atoms with van der Waals surface area (Å²) in [6, 6.07) is 9.34. The quantitative estimate of drug-likeness (QED) is 0.622. The summed E-state index contributed by atoms with van der Waals surface area (Å²) in [7, 11) is 3.07. The molecule has 3 rings (SSSR count). The zero-order chi connectivity index (χ0) is 20.5. The fraction of sp³-hybridized carbons (Fsp3) is 0.211. The number of H-pyrrole nitrogens is 1. The second-order valence-corrected chi connectivity index (χ2v) is 5.95. The minimum Gasteiger partial charge on any atom is -0.497 e. The number of benzene rings is 2. The first kappa shape index (κ1) is 19.4. The monoisotopic (exact) mass is 393 g/mol. The Hall–Kier alpha value is -3.36. The summed E-state index contributed by atoms with van der Waals surface area (Å²) >= 11 is 0. The summed E-state index contributed by atoms with van der Waals surface area (Å²) in [5, 5.41) is 0. The Bertz CT molecular complexity index is 978. The van der Waals surface area contributed by atoms with Crippen LogP contribution in [0.15, 0.2) is 36.4 Å². The van der Waals surface area contributed by atoms with Crippen LogP contribution in [0.3, 0.4) is 0 Å². The van der Waals surface area contributed by atoms with Gasteiger partial charge in [-0.2, -0.15) is 0 Å². The third kappa shape index (κ3) is 4.13. The second-order valence-electron chi connectivity index (χ2n) is 5.95. The third-order valence-electron chi connectivity index (χ3n) is 3.97. The maximum absolute atomic E-state index is 12.5. The first-order valence-electron chi connectivity index (χ1n) is 8.16. The molecule has 0 unspecified atom stereocenters. The predicted octanol–water partition coefficient (Wildman–Crippen LogP) is 4.55. The third-order valence-corrected chi connectivity index (χ3v) is 3.97. The van der Waals surface area contributed by atoms with Crippen LogP contribution in [0, 0.1) is 6.92 Å². The van der Waals surface area contributed by atoms with E-state index in [1.807, 2.05) is 0 Å². The van der Waals surface area contributed by atoms with Gasteiger partial charge in [-0.1, -0.05) is 0 Å². The van der Waals surface area contributed by atoms with Crippen molar-refractivity contribution in [3.05, 3.63) is 42.2 Å². The molecule has 0 amide bonds. The van der Waals surface area contributed by atoms with Gasteiger partial charge in [0, 0.05) is 17.2 Å². The Labute approximate surface area is 159 Å². The number of ether oxygens (including phenoxy) is 3. The number of rotatable bonds is 5. The molecule has 0 aliphatic rings. The molecule has 148 valence electrons. The molecule has 3 N–H and O–H groups in total. The van der Waals surface area contributed by atoms with Gasteiger partial charge in [-0.3, -0.25) is 0 Å². The standard InChI is InChI=1S/C19H18F3N3O3/c1-10-24-17(11-4-5-16(15(23)8-11)28-19(20,21)22)18(25-10)12-6-13(26-2)9-14(7-12)27-3/h4-9H,23H2,1-3H3,(H,24,25). The zero-order valence-electron chi connectivity index (χ0n) is 15.3. The Morgan fingerprint density at radius 1 is 0.964 bits per heavy atom. The summed E-state index contributed by atoms with van der Waals surface area (Å²) < 4.78 is 51.9. The predicted molar refractivity (Wildman–Crippen MR) is 98.4 cm³/mol. The van der Waals surface area contributed by atoms with E-state index in [-0.39, 0.29) is 5.69 Å². The molecule has 1 aromatic heterocycles. The minimum atomic E-state index is -4.82. The smallest absolute Gasteiger partial charge is 0.497 e. The second kappa shape index (κ2) is 7.34. The van der Waals surface area contributed by atoms with E-state index in [4.69, 9.17) is 15.2 Å². The van der Waals surface area contributed by atoms with Gasteiger partial charge in [-0.25, -0.2) is 4.98 Å².